The summed E-state index contributed by atoms with van der Waals surface area (Å²) in [5, 5.41) is 0.619. The lowest BCUT2D eigenvalue weighted by Gasteiger charge is -2.22. The fourth-order valence-corrected chi connectivity index (χ4v) is 3.45. The van der Waals surface area contributed by atoms with Crippen LogP contribution in [0.2, 0.25) is 0 Å². The number of sulfonamides is 1. The summed E-state index contributed by atoms with van der Waals surface area (Å²) in [7, 11) is -1.78. The third-order valence-corrected chi connectivity index (χ3v) is 5.90. The lowest BCUT2D eigenvalue weighted by molar-refractivity contribution is 0.416. The van der Waals surface area contributed by atoms with E-state index in [4.69, 9.17) is 0 Å². The Balaban J connectivity index is 3.17. The summed E-state index contributed by atoms with van der Waals surface area (Å²) in [6.07, 6.45) is 0. The summed E-state index contributed by atoms with van der Waals surface area (Å²) in [6.45, 7) is 5.76. The van der Waals surface area contributed by atoms with Crippen molar-refractivity contribution in [2.75, 3.05) is 12.4 Å². The third-order valence-electron chi connectivity index (χ3n) is 3.00. The molecule has 1 atom stereocenters. The minimum absolute atomic E-state index is 0.0680. The highest BCUT2D eigenvalue weighted by atomic mass is 79.9. The van der Waals surface area contributed by atoms with Gasteiger partial charge in [-0.25, -0.2) is 8.42 Å². The standard InChI is InChI=1S/C12H18BrNO2S/c1-9-5-6-12(7-10(9)2)17(15,16)14(4)11(3)8-13/h5-7,11H,8H2,1-4H3. The van der Waals surface area contributed by atoms with Gasteiger partial charge >= 0.3 is 0 Å². The molecule has 0 aromatic heterocycles. The molecule has 0 aliphatic carbocycles. The molecule has 17 heavy (non-hydrogen) atoms. The van der Waals surface area contributed by atoms with Crippen molar-refractivity contribution in [3.05, 3.63) is 29.3 Å². The summed E-state index contributed by atoms with van der Waals surface area (Å²) in [5.41, 5.74) is 2.09. The highest BCUT2D eigenvalue weighted by molar-refractivity contribution is 9.09. The Morgan fingerprint density at radius 2 is 1.88 bits per heavy atom. The monoisotopic (exact) mass is 319 g/mol. The van der Waals surface area contributed by atoms with E-state index in [1.165, 1.54) is 4.31 Å². The van der Waals surface area contributed by atoms with Crippen LogP contribution < -0.4 is 0 Å². The Bertz CT molecular complexity index is 499. The van der Waals surface area contributed by atoms with Crippen molar-refractivity contribution in [2.45, 2.75) is 31.7 Å². The SMILES string of the molecule is Cc1ccc(S(=O)(=O)N(C)C(C)CBr)cc1C. The molecule has 0 amide bonds. The quantitative estimate of drug-likeness (QED) is 0.800. The van der Waals surface area contributed by atoms with Crippen LogP contribution in [0.5, 0.6) is 0 Å². The van der Waals surface area contributed by atoms with Gasteiger partial charge in [0.15, 0.2) is 0 Å². The molecule has 1 aromatic carbocycles. The van der Waals surface area contributed by atoms with Crippen molar-refractivity contribution in [1.82, 2.24) is 4.31 Å². The maximum Gasteiger partial charge on any atom is 0.243 e. The zero-order valence-corrected chi connectivity index (χ0v) is 13.0. The number of alkyl halides is 1. The first-order valence-corrected chi connectivity index (χ1v) is 7.98. The molecule has 0 heterocycles. The van der Waals surface area contributed by atoms with Crippen molar-refractivity contribution in [1.29, 1.82) is 0 Å². The van der Waals surface area contributed by atoms with Crippen molar-refractivity contribution in [3.8, 4) is 0 Å². The Kier molecular flexibility index (Phi) is 4.75. The Hall–Kier alpha value is -0.390. The van der Waals surface area contributed by atoms with Gasteiger partial charge in [-0.3, -0.25) is 0 Å². The van der Waals surface area contributed by atoms with Gasteiger partial charge in [0.2, 0.25) is 10.0 Å². The zero-order chi connectivity index (χ0) is 13.2. The first-order chi connectivity index (χ1) is 7.80. The van der Waals surface area contributed by atoms with Crippen LogP contribution in [0.4, 0.5) is 0 Å². The Labute approximate surface area is 112 Å². The molecule has 0 spiro atoms. The molecule has 0 radical (unpaired) electrons. The molecule has 5 heteroatoms. The van der Waals surface area contributed by atoms with Gasteiger partial charge in [-0.15, -0.1) is 0 Å². The molecule has 0 fully saturated rings. The van der Waals surface area contributed by atoms with Crippen LogP contribution in [0.3, 0.4) is 0 Å². The average molecular weight is 320 g/mol. The van der Waals surface area contributed by atoms with Gasteiger partial charge in [-0.05, 0) is 44.0 Å². The van der Waals surface area contributed by atoms with Crippen LogP contribution in [-0.4, -0.2) is 31.1 Å². The predicted molar refractivity (Wildman–Crippen MR) is 74.1 cm³/mol. The first kappa shape index (κ1) is 14.7. The van der Waals surface area contributed by atoms with Gasteiger partial charge in [0.25, 0.3) is 0 Å². The maximum absolute atomic E-state index is 12.3. The number of hydrogen-bond donors (Lipinski definition) is 0. The van der Waals surface area contributed by atoms with Crippen LogP contribution in [0.25, 0.3) is 0 Å². The molecule has 1 unspecified atom stereocenters. The zero-order valence-electron chi connectivity index (χ0n) is 10.6. The first-order valence-electron chi connectivity index (χ1n) is 5.42. The lowest BCUT2D eigenvalue weighted by Crippen LogP contribution is -2.36. The van der Waals surface area contributed by atoms with Crippen LogP contribution in [-0.2, 0) is 10.0 Å². The van der Waals surface area contributed by atoms with E-state index < -0.39 is 10.0 Å². The minimum Gasteiger partial charge on any atom is -0.207 e. The van der Waals surface area contributed by atoms with Crippen LogP contribution >= 0.6 is 15.9 Å². The molecule has 1 aromatic rings. The van der Waals surface area contributed by atoms with Gasteiger partial charge in [0.1, 0.15) is 0 Å². The van der Waals surface area contributed by atoms with E-state index in [1.807, 2.05) is 26.8 Å². The van der Waals surface area contributed by atoms with Crippen molar-refractivity contribution >= 4 is 26.0 Å². The fraction of sp³-hybridized carbons (Fsp3) is 0.500. The molecule has 0 aliphatic rings. The van der Waals surface area contributed by atoms with E-state index >= 15 is 0 Å². The second-order valence-electron chi connectivity index (χ2n) is 4.27. The molecular formula is C12H18BrNO2S. The highest BCUT2D eigenvalue weighted by Crippen LogP contribution is 2.20. The molecule has 0 saturated carbocycles. The van der Waals surface area contributed by atoms with Crippen LogP contribution in [0.1, 0.15) is 18.1 Å². The molecule has 0 saturated heterocycles. The van der Waals surface area contributed by atoms with E-state index in [0.29, 0.717) is 10.2 Å². The second kappa shape index (κ2) is 5.50. The fourth-order valence-electron chi connectivity index (χ4n) is 1.37. The molecule has 0 N–H and O–H groups in total. The van der Waals surface area contributed by atoms with Gasteiger partial charge in [0, 0.05) is 18.4 Å². The van der Waals surface area contributed by atoms with Crippen molar-refractivity contribution in [2.24, 2.45) is 0 Å². The highest BCUT2D eigenvalue weighted by Gasteiger charge is 2.24. The van der Waals surface area contributed by atoms with E-state index in [2.05, 4.69) is 15.9 Å². The number of aryl methyl sites for hydroxylation is 2. The van der Waals surface area contributed by atoms with E-state index in [0.717, 1.165) is 11.1 Å². The Morgan fingerprint density at radius 3 is 2.35 bits per heavy atom. The van der Waals surface area contributed by atoms with E-state index in [-0.39, 0.29) is 6.04 Å². The average Bonchev–Trinajstić information content (AvgIpc) is 2.30. The number of nitrogens with zero attached hydrogens (tertiary/aromatic N) is 1. The van der Waals surface area contributed by atoms with E-state index in [1.54, 1.807) is 19.2 Å². The molecule has 0 aliphatic heterocycles. The normalized spacial score (nSPS) is 14.0. The van der Waals surface area contributed by atoms with Crippen molar-refractivity contribution < 1.29 is 8.42 Å². The molecule has 1 rings (SSSR count). The van der Waals surface area contributed by atoms with Gasteiger partial charge in [-0.2, -0.15) is 4.31 Å². The smallest absolute Gasteiger partial charge is 0.207 e. The number of benzene rings is 1. The summed E-state index contributed by atoms with van der Waals surface area (Å²) in [4.78, 5) is 0.357. The molecule has 3 nitrogen and oxygen atoms in total. The topological polar surface area (TPSA) is 37.4 Å². The number of rotatable bonds is 4. The number of hydrogen-bond acceptors (Lipinski definition) is 2. The molecule has 0 bridgehead atoms. The minimum atomic E-state index is -3.39. The molecule has 96 valence electrons. The Morgan fingerprint density at radius 1 is 1.29 bits per heavy atom. The second-order valence-corrected chi connectivity index (χ2v) is 6.92. The summed E-state index contributed by atoms with van der Waals surface area (Å²) in [5.74, 6) is 0. The predicted octanol–water partition coefficient (Wildman–Crippen LogP) is 2.71. The number of halogens is 1. The maximum atomic E-state index is 12.3. The van der Waals surface area contributed by atoms with Crippen LogP contribution in [0.15, 0.2) is 23.1 Å². The third kappa shape index (κ3) is 3.09. The lowest BCUT2D eigenvalue weighted by atomic mass is 10.1. The largest absolute Gasteiger partial charge is 0.243 e. The van der Waals surface area contributed by atoms with Gasteiger partial charge in [-0.1, -0.05) is 22.0 Å². The van der Waals surface area contributed by atoms with E-state index in [9.17, 15) is 8.42 Å². The molecular weight excluding hydrogens is 302 g/mol. The van der Waals surface area contributed by atoms with Gasteiger partial charge < -0.3 is 0 Å². The van der Waals surface area contributed by atoms with Gasteiger partial charge in [0.05, 0.1) is 4.90 Å². The summed E-state index contributed by atoms with van der Waals surface area (Å²) >= 11 is 3.30. The summed E-state index contributed by atoms with van der Waals surface area (Å²) in [6, 6.07) is 5.16. The van der Waals surface area contributed by atoms with Crippen LogP contribution in [0, 0.1) is 13.8 Å². The summed E-state index contributed by atoms with van der Waals surface area (Å²) < 4.78 is 26.0. The van der Waals surface area contributed by atoms with Crippen molar-refractivity contribution in [3.63, 3.8) is 0 Å².